The van der Waals surface area contributed by atoms with Crippen LogP contribution in [0.4, 0.5) is 0 Å². The zero-order valence-corrected chi connectivity index (χ0v) is 12.6. The standard InChI is InChI=1S/C18H17NO3/c1-12(2)13-5-7-14(8-6-13)17-19-16(18(20)22-17)10-9-15-4-3-11-21-15/h3-8,10-12H,9H2,1-2H3/b16-10+. The Morgan fingerprint density at radius 2 is 1.95 bits per heavy atom. The van der Waals surface area contributed by atoms with Crippen molar-refractivity contribution in [3.05, 3.63) is 71.3 Å². The number of allylic oxidation sites excluding steroid dienone is 1. The number of aliphatic imine (C=N–C) groups is 1. The minimum Gasteiger partial charge on any atom is -0.469 e. The smallest absolute Gasteiger partial charge is 0.363 e. The van der Waals surface area contributed by atoms with Gasteiger partial charge in [-0.1, -0.05) is 26.0 Å². The summed E-state index contributed by atoms with van der Waals surface area (Å²) < 4.78 is 10.5. The van der Waals surface area contributed by atoms with Crippen LogP contribution in [0, 0.1) is 0 Å². The molecule has 0 N–H and O–H groups in total. The van der Waals surface area contributed by atoms with Crippen LogP contribution in [-0.2, 0) is 16.0 Å². The second-order valence-corrected chi connectivity index (χ2v) is 5.46. The molecule has 4 nitrogen and oxygen atoms in total. The number of hydrogen-bond acceptors (Lipinski definition) is 4. The normalized spacial score (nSPS) is 16.2. The number of benzene rings is 1. The van der Waals surface area contributed by atoms with Gasteiger partial charge in [0.1, 0.15) is 11.5 Å². The van der Waals surface area contributed by atoms with Crippen molar-refractivity contribution in [3.63, 3.8) is 0 Å². The number of rotatable bonds is 4. The van der Waals surface area contributed by atoms with E-state index in [0.717, 1.165) is 11.3 Å². The molecule has 0 saturated carbocycles. The van der Waals surface area contributed by atoms with E-state index in [2.05, 4.69) is 18.8 Å². The molecule has 0 unspecified atom stereocenters. The Morgan fingerprint density at radius 1 is 1.18 bits per heavy atom. The summed E-state index contributed by atoms with van der Waals surface area (Å²) in [6, 6.07) is 11.6. The average molecular weight is 295 g/mol. The summed E-state index contributed by atoms with van der Waals surface area (Å²) in [4.78, 5) is 16.1. The second kappa shape index (κ2) is 6.02. The summed E-state index contributed by atoms with van der Waals surface area (Å²) in [5.74, 6) is 1.18. The predicted molar refractivity (Wildman–Crippen MR) is 83.7 cm³/mol. The molecule has 1 aromatic heterocycles. The van der Waals surface area contributed by atoms with Gasteiger partial charge in [-0.05, 0) is 41.8 Å². The molecule has 2 aromatic rings. The Balaban J connectivity index is 1.78. The van der Waals surface area contributed by atoms with Gasteiger partial charge in [0.05, 0.1) is 6.26 Å². The molecule has 0 spiro atoms. The third-order valence-electron chi connectivity index (χ3n) is 3.52. The van der Waals surface area contributed by atoms with Crippen LogP contribution in [0.1, 0.15) is 36.7 Å². The molecule has 0 aliphatic carbocycles. The molecule has 0 atom stereocenters. The molecule has 0 radical (unpaired) electrons. The van der Waals surface area contributed by atoms with Gasteiger partial charge in [-0.3, -0.25) is 0 Å². The van der Waals surface area contributed by atoms with E-state index in [1.165, 1.54) is 5.56 Å². The van der Waals surface area contributed by atoms with Gasteiger partial charge in [-0.25, -0.2) is 9.79 Å². The third-order valence-corrected chi connectivity index (χ3v) is 3.52. The quantitative estimate of drug-likeness (QED) is 0.636. The van der Waals surface area contributed by atoms with E-state index in [9.17, 15) is 4.79 Å². The lowest BCUT2D eigenvalue weighted by atomic mass is 10.0. The highest BCUT2D eigenvalue weighted by Gasteiger charge is 2.23. The van der Waals surface area contributed by atoms with Crippen molar-refractivity contribution >= 4 is 11.9 Å². The molecule has 1 aromatic carbocycles. The van der Waals surface area contributed by atoms with Crippen LogP contribution >= 0.6 is 0 Å². The number of hydrogen-bond donors (Lipinski definition) is 0. The molecule has 3 rings (SSSR count). The number of ether oxygens (including phenoxy) is 1. The molecular weight excluding hydrogens is 278 g/mol. The van der Waals surface area contributed by atoms with E-state index in [1.807, 2.05) is 36.4 Å². The van der Waals surface area contributed by atoms with E-state index in [0.29, 0.717) is 23.9 Å². The lowest BCUT2D eigenvalue weighted by Gasteiger charge is -2.05. The first kappa shape index (κ1) is 14.3. The highest BCUT2D eigenvalue weighted by Crippen LogP contribution is 2.20. The molecule has 112 valence electrons. The lowest BCUT2D eigenvalue weighted by Crippen LogP contribution is -2.05. The number of cyclic esters (lactones) is 1. The maximum Gasteiger partial charge on any atom is 0.363 e. The van der Waals surface area contributed by atoms with E-state index >= 15 is 0 Å². The van der Waals surface area contributed by atoms with Gasteiger partial charge in [-0.2, -0.15) is 0 Å². The topological polar surface area (TPSA) is 51.8 Å². The van der Waals surface area contributed by atoms with E-state index in [-0.39, 0.29) is 0 Å². The van der Waals surface area contributed by atoms with Crippen LogP contribution in [-0.4, -0.2) is 11.9 Å². The summed E-state index contributed by atoms with van der Waals surface area (Å²) >= 11 is 0. The summed E-state index contributed by atoms with van der Waals surface area (Å²) in [6.07, 6.45) is 3.84. The van der Waals surface area contributed by atoms with Crippen molar-refractivity contribution < 1.29 is 13.9 Å². The summed E-state index contributed by atoms with van der Waals surface area (Å²) in [5.41, 5.74) is 2.36. The average Bonchev–Trinajstić information content (AvgIpc) is 3.15. The summed E-state index contributed by atoms with van der Waals surface area (Å²) in [7, 11) is 0. The van der Waals surface area contributed by atoms with Gasteiger partial charge in [0.15, 0.2) is 0 Å². The Labute approximate surface area is 129 Å². The van der Waals surface area contributed by atoms with Crippen molar-refractivity contribution in [1.82, 2.24) is 0 Å². The first-order chi connectivity index (χ1) is 10.6. The van der Waals surface area contributed by atoms with Gasteiger partial charge in [-0.15, -0.1) is 0 Å². The highest BCUT2D eigenvalue weighted by atomic mass is 16.6. The minimum absolute atomic E-state index is 0.319. The maximum atomic E-state index is 11.9. The second-order valence-electron chi connectivity index (χ2n) is 5.46. The predicted octanol–water partition coefficient (Wildman–Crippen LogP) is 3.83. The van der Waals surface area contributed by atoms with Crippen molar-refractivity contribution in [1.29, 1.82) is 0 Å². The van der Waals surface area contributed by atoms with E-state index in [4.69, 9.17) is 9.15 Å². The van der Waals surface area contributed by atoms with Crippen LogP contribution in [0.2, 0.25) is 0 Å². The summed E-state index contributed by atoms with van der Waals surface area (Å²) in [5, 5.41) is 0. The fourth-order valence-corrected chi connectivity index (χ4v) is 2.21. The fraction of sp³-hybridized carbons (Fsp3) is 0.222. The largest absolute Gasteiger partial charge is 0.469 e. The maximum absolute atomic E-state index is 11.9. The zero-order chi connectivity index (χ0) is 15.5. The molecule has 0 bridgehead atoms. The highest BCUT2D eigenvalue weighted by molar-refractivity contribution is 6.11. The Hall–Kier alpha value is -2.62. The first-order valence-electron chi connectivity index (χ1n) is 7.27. The van der Waals surface area contributed by atoms with Gasteiger partial charge < -0.3 is 9.15 Å². The van der Waals surface area contributed by atoms with Gasteiger partial charge in [0.25, 0.3) is 0 Å². The minimum atomic E-state index is -0.422. The first-order valence-corrected chi connectivity index (χ1v) is 7.27. The Bertz CT molecular complexity index is 722. The lowest BCUT2D eigenvalue weighted by molar-refractivity contribution is -0.130. The Morgan fingerprint density at radius 3 is 2.59 bits per heavy atom. The fourth-order valence-electron chi connectivity index (χ4n) is 2.21. The number of carbonyl (C=O) groups excluding carboxylic acids is 1. The van der Waals surface area contributed by atoms with Crippen molar-refractivity contribution in [2.24, 2.45) is 4.99 Å². The van der Waals surface area contributed by atoms with E-state index in [1.54, 1.807) is 12.3 Å². The Kier molecular flexibility index (Phi) is 3.92. The van der Waals surface area contributed by atoms with Crippen LogP contribution < -0.4 is 0 Å². The van der Waals surface area contributed by atoms with Gasteiger partial charge >= 0.3 is 5.97 Å². The molecule has 4 heteroatoms. The van der Waals surface area contributed by atoms with E-state index < -0.39 is 5.97 Å². The molecule has 0 fully saturated rings. The van der Waals surface area contributed by atoms with Crippen LogP contribution in [0.3, 0.4) is 0 Å². The van der Waals surface area contributed by atoms with Crippen LogP contribution in [0.15, 0.2) is 63.8 Å². The molecule has 0 amide bonds. The molecule has 1 aliphatic heterocycles. The molecule has 22 heavy (non-hydrogen) atoms. The van der Waals surface area contributed by atoms with Crippen molar-refractivity contribution in [2.75, 3.05) is 0 Å². The number of nitrogens with zero attached hydrogens (tertiary/aromatic N) is 1. The van der Waals surface area contributed by atoms with Crippen molar-refractivity contribution in [3.8, 4) is 0 Å². The van der Waals surface area contributed by atoms with Gasteiger partial charge in [0.2, 0.25) is 5.90 Å². The van der Waals surface area contributed by atoms with Crippen molar-refractivity contribution in [2.45, 2.75) is 26.2 Å². The monoisotopic (exact) mass is 295 g/mol. The SMILES string of the molecule is CC(C)c1ccc(C2=N/C(=C/Cc3ccco3)C(=O)O2)cc1. The molecule has 2 heterocycles. The number of carbonyl (C=O) groups is 1. The third kappa shape index (κ3) is 3.01. The summed E-state index contributed by atoms with van der Waals surface area (Å²) in [6.45, 7) is 4.27. The number of esters is 1. The van der Waals surface area contributed by atoms with Crippen LogP contribution in [0.25, 0.3) is 0 Å². The van der Waals surface area contributed by atoms with Crippen LogP contribution in [0.5, 0.6) is 0 Å². The number of furan rings is 1. The zero-order valence-electron chi connectivity index (χ0n) is 12.6. The molecule has 0 saturated heterocycles. The molecular formula is C18H17NO3. The van der Waals surface area contributed by atoms with Gasteiger partial charge in [0, 0.05) is 12.0 Å². The molecule has 1 aliphatic rings.